The number of nitrogens with one attached hydrogen (secondary N) is 2. The van der Waals surface area contributed by atoms with Crippen molar-refractivity contribution in [2.45, 2.75) is 17.6 Å². The van der Waals surface area contributed by atoms with Crippen molar-refractivity contribution >= 4 is 50.0 Å². The van der Waals surface area contributed by atoms with Gasteiger partial charge in [-0.3, -0.25) is 4.79 Å². The van der Waals surface area contributed by atoms with Gasteiger partial charge in [-0.15, -0.1) is 4.40 Å². The summed E-state index contributed by atoms with van der Waals surface area (Å²) >= 11 is 1.97. The number of amides is 1. The van der Waals surface area contributed by atoms with Gasteiger partial charge < -0.3 is 20.1 Å². The lowest BCUT2D eigenvalue weighted by Gasteiger charge is -2.21. The van der Waals surface area contributed by atoms with Crippen molar-refractivity contribution < 1.29 is 31.5 Å². The molecule has 1 aliphatic rings. The summed E-state index contributed by atoms with van der Waals surface area (Å²) in [7, 11) is -2.71. The Balaban J connectivity index is 1.76. The van der Waals surface area contributed by atoms with E-state index in [1.54, 1.807) is 12.1 Å². The highest BCUT2D eigenvalue weighted by atomic mass is 127. The average molecular weight is 551 g/mol. The molecule has 0 bridgehead atoms. The van der Waals surface area contributed by atoms with Crippen molar-refractivity contribution in [2.75, 3.05) is 19.0 Å². The third-order valence-corrected chi connectivity index (χ3v) is 6.10. The highest BCUT2D eigenvalue weighted by molar-refractivity contribution is 14.1. The first-order valence-electron chi connectivity index (χ1n) is 8.47. The molecule has 1 aliphatic heterocycles. The number of methoxy groups -OCH3 is 1. The second-order valence-corrected chi connectivity index (χ2v) is 8.85. The van der Waals surface area contributed by atoms with Crippen LogP contribution in [0.5, 0.6) is 5.75 Å². The molecule has 1 amide bonds. The van der Waals surface area contributed by atoms with Gasteiger partial charge in [0.05, 0.1) is 5.69 Å². The normalized spacial score (nSPS) is 15.6. The highest BCUT2D eigenvalue weighted by Gasteiger charge is 2.29. The molecule has 1 atom stereocenters. The number of alkyl halides is 2. The van der Waals surface area contributed by atoms with Gasteiger partial charge in [-0.25, -0.2) is 0 Å². The van der Waals surface area contributed by atoms with E-state index in [0.29, 0.717) is 9.13 Å². The van der Waals surface area contributed by atoms with Crippen LogP contribution in [-0.2, 0) is 19.6 Å². The number of carbonyl (C=O) groups excluding carboxylic acids is 1. The van der Waals surface area contributed by atoms with Crippen molar-refractivity contribution in [3.63, 3.8) is 0 Å². The fourth-order valence-electron chi connectivity index (χ4n) is 2.77. The van der Waals surface area contributed by atoms with Crippen molar-refractivity contribution in [3.8, 4) is 5.75 Å². The van der Waals surface area contributed by atoms with Crippen LogP contribution in [0.1, 0.15) is 11.7 Å². The number of halogens is 3. The summed E-state index contributed by atoms with van der Waals surface area (Å²) in [6, 6.07) is 10.7. The number of nitrogens with zero attached hydrogens (tertiary/aromatic N) is 1. The molecule has 0 saturated carbocycles. The van der Waals surface area contributed by atoms with E-state index in [4.69, 9.17) is 4.74 Å². The molecule has 0 aliphatic carbocycles. The predicted octanol–water partition coefficient (Wildman–Crippen LogP) is 2.91. The Morgan fingerprint density at radius 1 is 1.27 bits per heavy atom. The Kier molecular flexibility index (Phi) is 6.88. The Morgan fingerprint density at radius 3 is 2.70 bits per heavy atom. The SMILES string of the molecule is COC(CNC(=O)C1=NS(=O)(=O)c2cc(I)ccc2N1)c1ccccc1OC(F)F. The van der Waals surface area contributed by atoms with Crippen LogP contribution in [-0.4, -0.2) is 40.4 Å². The zero-order chi connectivity index (χ0) is 21.9. The van der Waals surface area contributed by atoms with Crippen LogP contribution in [0, 0.1) is 3.57 Å². The summed E-state index contributed by atoms with van der Waals surface area (Å²) in [6.07, 6.45) is -0.821. The van der Waals surface area contributed by atoms with Crippen LogP contribution in [0.3, 0.4) is 0 Å². The topological polar surface area (TPSA) is 106 Å². The Bertz CT molecular complexity index is 1090. The molecule has 2 N–H and O–H groups in total. The molecule has 160 valence electrons. The van der Waals surface area contributed by atoms with Crippen LogP contribution in [0.15, 0.2) is 51.8 Å². The van der Waals surface area contributed by atoms with E-state index in [1.807, 2.05) is 22.6 Å². The van der Waals surface area contributed by atoms with E-state index in [2.05, 4.69) is 19.8 Å². The van der Waals surface area contributed by atoms with Crippen LogP contribution >= 0.6 is 22.6 Å². The minimum absolute atomic E-state index is 0.0289. The second-order valence-electron chi connectivity index (χ2n) is 6.03. The fraction of sp³-hybridized carbons (Fsp3) is 0.222. The lowest BCUT2D eigenvalue weighted by molar-refractivity contribution is -0.115. The number of benzene rings is 2. The van der Waals surface area contributed by atoms with Crippen molar-refractivity contribution in [2.24, 2.45) is 4.40 Å². The van der Waals surface area contributed by atoms with Crippen molar-refractivity contribution in [1.29, 1.82) is 0 Å². The molecular formula is C18H16F2IN3O5S. The number of hydrogen-bond acceptors (Lipinski definition) is 6. The average Bonchev–Trinajstić information content (AvgIpc) is 2.69. The van der Waals surface area contributed by atoms with E-state index >= 15 is 0 Å². The molecule has 0 fully saturated rings. The maximum atomic E-state index is 12.6. The lowest BCUT2D eigenvalue weighted by atomic mass is 10.1. The molecule has 1 unspecified atom stereocenters. The number of hydrogen-bond donors (Lipinski definition) is 2. The smallest absolute Gasteiger partial charge is 0.387 e. The molecule has 12 heteroatoms. The number of ether oxygens (including phenoxy) is 2. The van der Waals surface area contributed by atoms with Crippen LogP contribution in [0.2, 0.25) is 0 Å². The minimum atomic E-state index is -4.05. The largest absolute Gasteiger partial charge is 0.434 e. The van der Waals surface area contributed by atoms with Gasteiger partial charge in [0.2, 0.25) is 5.84 Å². The summed E-state index contributed by atoms with van der Waals surface area (Å²) in [6.45, 7) is -3.16. The third kappa shape index (κ3) is 5.05. The van der Waals surface area contributed by atoms with Gasteiger partial charge in [0, 0.05) is 22.8 Å². The first-order chi connectivity index (χ1) is 14.2. The summed E-state index contributed by atoms with van der Waals surface area (Å²) in [4.78, 5) is 12.5. The van der Waals surface area contributed by atoms with E-state index in [9.17, 15) is 22.0 Å². The molecule has 0 spiro atoms. The number of para-hydroxylation sites is 1. The Hall–Kier alpha value is -2.32. The number of amidine groups is 1. The van der Waals surface area contributed by atoms with Gasteiger partial charge in [0.1, 0.15) is 16.7 Å². The molecule has 8 nitrogen and oxygen atoms in total. The number of sulfonamides is 1. The van der Waals surface area contributed by atoms with E-state index in [-0.39, 0.29) is 22.9 Å². The Morgan fingerprint density at radius 2 is 2.00 bits per heavy atom. The zero-order valence-corrected chi connectivity index (χ0v) is 18.4. The molecule has 2 aromatic rings. The Labute approximate surface area is 184 Å². The minimum Gasteiger partial charge on any atom is -0.434 e. The van der Waals surface area contributed by atoms with Gasteiger partial charge in [0.25, 0.3) is 15.9 Å². The number of rotatable bonds is 7. The van der Waals surface area contributed by atoms with Gasteiger partial charge in [-0.1, -0.05) is 18.2 Å². The monoisotopic (exact) mass is 551 g/mol. The van der Waals surface area contributed by atoms with Crippen molar-refractivity contribution in [1.82, 2.24) is 5.32 Å². The van der Waals surface area contributed by atoms with Crippen molar-refractivity contribution in [3.05, 3.63) is 51.6 Å². The quantitative estimate of drug-likeness (QED) is 0.513. The molecule has 30 heavy (non-hydrogen) atoms. The summed E-state index contributed by atoms with van der Waals surface area (Å²) < 4.78 is 64.0. The standard InChI is InChI=1S/C18H16F2IN3O5S/c1-28-14(11-4-2-3-5-13(11)29-18(19)20)9-22-17(25)16-23-12-7-6-10(21)8-15(12)30(26,27)24-16/h2-8,14,18H,9H2,1H3,(H,22,25)(H,23,24). The highest BCUT2D eigenvalue weighted by Crippen LogP contribution is 2.30. The van der Waals surface area contributed by atoms with Crippen LogP contribution < -0.4 is 15.4 Å². The summed E-state index contributed by atoms with van der Waals surface area (Å²) in [5.74, 6) is -1.29. The third-order valence-electron chi connectivity index (χ3n) is 4.12. The second kappa shape index (κ2) is 9.22. The fourth-order valence-corrected chi connectivity index (χ4v) is 4.61. The summed E-state index contributed by atoms with van der Waals surface area (Å²) in [5.41, 5.74) is 0.529. The first kappa shape index (κ1) is 22.4. The van der Waals surface area contributed by atoms with Gasteiger partial charge in [-0.05, 0) is 46.9 Å². The lowest BCUT2D eigenvalue weighted by Crippen LogP contribution is -2.40. The van der Waals surface area contributed by atoms with Crippen LogP contribution in [0.25, 0.3) is 0 Å². The number of fused-ring (bicyclic) bond motifs is 1. The number of anilines is 1. The predicted molar refractivity (Wildman–Crippen MR) is 113 cm³/mol. The molecule has 2 aromatic carbocycles. The number of carbonyl (C=O) groups is 1. The van der Waals surface area contributed by atoms with Crippen LogP contribution in [0.4, 0.5) is 14.5 Å². The molecular weight excluding hydrogens is 535 g/mol. The zero-order valence-electron chi connectivity index (χ0n) is 15.4. The molecule has 0 radical (unpaired) electrons. The van der Waals surface area contributed by atoms with E-state index in [0.717, 1.165) is 0 Å². The molecule has 1 heterocycles. The van der Waals surface area contributed by atoms with Gasteiger partial charge in [-0.2, -0.15) is 17.2 Å². The van der Waals surface area contributed by atoms with Gasteiger partial charge >= 0.3 is 6.61 Å². The maximum absolute atomic E-state index is 12.6. The van der Waals surface area contributed by atoms with E-state index in [1.165, 1.54) is 37.4 Å². The molecule has 0 aromatic heterocycles. The first-order valence-corrected chi connectivity index (χ1v) is 11.0. The maximum Gasteiger partial charge on any atom is 0.387 e. The molecule has 3 rings (SSSR count). The van der Waals surface area contributed by atoms with Gasteiger partial charge in [0.15, 0.2) is 0 Å². The van der Waals surface area contributed by atoms with E-state index < -0.39 is 34.5 Å². The summed E-state index contributed by atoms with van der Waals surface area (Å²) in [5, 5.41) is 5.19. The molecule has 0 saturated heterocycles.